The van der Waals surface area contributed by atoms with Crippen LogP contribution in [-0.4, -0.2) is 29.2 Å². The maximum Gasteiger partial charge on any atom is 0.124 e. The Hall–Kier alpha value is -1.44. The fraction of sp³-hybridized carbons (Fsp3) is 0.364. The molecule has 1 aromatic rings. The summed E-state index contributed by atoms with van der Waals surface area (Å²) >= 11 is 0. The number of aliphatic hydroxyl groups excluding tert-OH is 1. The number of β-amino-alcohol motifs (C(OH)–C–C–N with tert-alkyl or cyclic N) is 1. The van der Waals surface area contributed by atoms with Crippen LogP contribution in [0.4, 0.5) is 4.39 Å². The molecule has 0 aliphatic carbocycles. The molecule has 4 heteroatoms. The van der Waals surface area contributed by atoms with Crippen molar-refractivity contribution in [2.24, 2.45) is 0 Å². The van der Waals surface area contributed by atoms with E-state index >= 15 is 0 Å². The van der Waals surface area contributed by atoms with Crippen LogP contribution in [0.5, 0.6) is 0 Å². The molecule has 0 unspecified atom stereocenters. The molecule has 1 aliphatic heterocycles. The van der Waals surface area contributed by atoms with E-state index in [0.29, 0.717) is 25.2 Å². The van der Waals surface area contributed by atoms with Crippen molar-refractivity contribution in [2.75, 3.05) is 13.1 Å². The van der Waals surface area contributed by atoms with Gasteiger partial charge in [0.1, 0.15) is 5.82 Å². The summed E-state index contributed by atoms with van der Waals surface area (Å²) in [6.07, 6.45) is -0.256. The minimum atomic E-state index is -0.384. The molecule has 0 amide bonds. The molecule has 1 heterocycles. The molecule has 1 N–H and O–H groups in total. The van der Waals surface area contributed by atoms with E-state index in [0.717, 1.165) is 5.56 Å². The summed E-state index contributed by atoms with van der Waals surface area (Å²) in [7, 11) is 0. The van der Waals surface area contributed by atoms with Gasteiger partial charge in [-0.2, -0.15) is 5.26 Å². The van der Waals surface area contributed by atoms with Crippen molar-refractivity contribution in [2.45, 2.75) is 12.6 Å². The highest BCUT2D eigenvalue weighted by molar-refractivity contribution is 5.33. The number of nitriles is 1. The predicted molar refractivity (Wildman–Crippen MR) is 52.4 cm³/mol. The first-order chi connectivity index (χ1) is 7.17. The van der Waals surface area contributed by atoms with Gasteiger partial charge in [0.25, 0.3) is 0 Å². The van der Waals surface area contributed by atoms with E-state index in [4.69, 9.17) is 10.4 Å². The lowest BCUT2D eigenvalue weighted by Crippen LogP contribution is -2.49. The highest BCUT2D eigenvalue weighted by Crippen LogP contribution is 2.15. The van der Waals surface area contributed by atoms with Gasteiger partial charge >= 0.3 is 0 Å². The van der Waals surface area contributed by atoms with E-state index in [1.54, 1.807) is 6.07 Å². The first kappa shape index (κ1) is 10.1. The molecule has 2 rings (SSSR count). The van der Waals surface area contributed by atoms with Gasteiger partial charge in [0.15, 0.2) is 0 Å². The van der Waals surface area contributed by atoms with Crippen LogP contribution in [0, 0.1) is 17.1 Å². The summed E-state index contributed by atoms with van der Waals surface area (Å²) in [6.45, 7) is 1.83. The molecule has 1 aromatic carbocycles. The van der Waals surface area contributed by atoms with Crippen LogP contribution >= 0.6 is 0 Å². The van der Waals surface area contributed by atoms with Crippen molar-refractivity contribution >= 4 is 0 Å². The SMILES string of the molecule is N#Cc1cc(F)cc(CN2CC(O)C2)c1. The maximum atomic E-state index is 13.0. The van der Waals surface area contributed by atoms with E-state index < -0.39 is 0 Å². The Morgan fingerprint density at radius 2 is 2.20 bits per heavy atom. The summed E-state index contributed by atoms with van der Waals surface area (Å²) in [5.41, 5.74) is 1.12. The first-order valence-corrected chi connectivity index (χ1v) is 4.77. The van der Waals surface area contributed by atoms with E-state index in [-0.39, 0.29) is 11.9 Å². The van der Waals surface area contributed by atoms with Crippen LogP contribution < -0.4 is 0 Å². The fourth-order valence-corrected chi connectivity index (χ4v) is 1.74. The average molecular weight is 206 g/mol. The van der Waals surface area contributed by atoms with Crippen LogP contribution in [0.3, 0.4) is 0 Å². The van der Waals surface area contributed by atoms with E-state index in [1.807, 2.05) is 11.0 Å². The van der Waals surface area contributed by atoms with Gasteiger partial charge in [0.2, 0.25) is 0 Å². The molecule has 0 saturated carbocycles. The Morgan fingerprint density at radius 3 is 2.80 bits per heavy atom. The van der Waals surface area contributed by atoms with E-state index in [9.17, 15) is 4.39 Å². The van der Waals surface area contributed by atoms with Crippen molar-refractivity contribution < 1.29 is 9.50 Å². The van der Waals surface area contributed by atoms with Gasteiger partial charge < -0.3 is 5.11 Å². The summed E-state index contributed by atoms with van der Waals surface area (Å²) in [4.78, 5) is 2.00. The Balaban J connectivity index is 2.08. The first-order valence-electron chi connectivity index (χ1n) is 4.77. The Labute approximate surface area is 87.4 Å². The molecule has 3 nitrogen and oxygen atoms in total. The van der Waals surface area contributed by atoms with Crippen molar-refractivity contribution in [1.29, 1.82) is 5.26 Å². The topological polar surface area (TPSA) is 47.3 Å². The minimum Gasteiger partial charge on any atom is -0.390 e. The van der Waals surface area contributed by atoms with Crippen LogP contribution in [0.1, 0.15) is 11.1 Å². The third-order valence-electron chi connectivity index (χ3n) is 2.43. The number of nitrogens with zero attached hydrogens (tertiary/aromatic N) is 2. The van der Waals surface area contributed by atoms with Crippen LogP contribution in [-0.2, 0) is 6.54 Å². The van der Waals surface area contributed by atoms with Crippen LogP contribution in [0.2, 0.25) is 0 Å². The number of benzene rings is 1. The molecule has 0 atom stereocenters. The van der Waals surface area contributed by atoms with E-state index in [1.165, 1.54) is 12.1 Å². The van der Waals surface area contributed by atoms with Crippen LogP contribution in [0.25, 0.3) is 0 Å². The fourth-order valence-electron chi connectivity index (χ4n) is 1.74. The molecule has 15 heavy (non-hydrogen) atoms. The third-order valence-corrected chi connectivity index (χ3v) is 2.43. The highest BCUT2D eigenvalue weighted by atomic mass is 19.1. The van der Waals surface area contributed by atoms with Crippen molar-refractivity contribution in [3.8, 4) is 6.07 Å². The summed E-state index contributed by atoms with van der Waals surface area (Å²) in [6, 6.07) is 6.23. The zero-order valence-electron chi connectivity index (χ0n) is 8.15. The molecule has 0 aromatic heterocycles. The number of halogens is 1. The van der Waals surface area contributed by atoms with Gasteiger partial charge in [0.05, 0.1) is 17.7 Å². The third kappa shape index (κ3) is 2.32. The van der Waals surface area contributed by atoms with Crippen LogP contribution in [0.15, 0.2) is 18.2 Å². The Bertz CT molecular complexity index is 408. The quantitative estimate of drug-likeness (QED) is 0.781. The van der Waals surface area contributed by atoms with Gasteiger partial charge in [0, 0.05) is 19.6 Å². The largest absolute Gasteiger partial charge is 0.390 e. The lowest BCUT2D eigenvalue weighted by molar-refractivity contribution is -0.00290. The Morgan fingerprint density at radius 1 is 1.47 bits per heavy atom. The van der Waals surface area contributed by atoms with Gasteiger partial charge in [-0.15, -0.1) is 0 Å². The number of aliphatic hydroxyl groups is 1. The monoisotopic (exact) mass is 206 g/mol. The lowest BCUT2D eigenvalue weighted by Gasteiger charge is -2.35. The lowest BCUT2D eigenvalue weighted by atomic mass is 10.1. The maximum absolute atomic E-state index is 13.0. The Kier molecular flexibility index (Phi) is 2.67. The second-order valence-corrected chi connectivity index (χ2v) is 3.81. The minimum absolute atomic E-state index is 0.256. The summed E-state index contributed by atoms with van der Waals surface area (Å²) in [5.74, 6) is -0.384. The molecular formula is C11H11FN2O. The summed E-state index contributed by atoms with van der Waals surface area (Å²) < 4.78 is 13.0. The zero-order valence-corrected chi connectivity index (χ0v) is 8.15. The van der Waals surface area contributed by atoms with Gasteiger partial charge in [-0.1, -0.05) is 0 Å². The number of rotatable bonds is 2. The van der Waals surface area contributed by atoms with Gasteiger partial charge in [-0.05, 0) is 23.8 Å². The molecule has 0 spiro atoms. The normalized spacial score (nSPS) is 17.1. The second kappa shape index (κ2) is 3.97. The van der Waals surface area contributed by atoms with Gasteiger partial charge in [-0.25, -0.2) is 4.39 Å². The van der Waals surface area contributed by atoms with Gasteiger partial charge in [-0.3, -0.25) is 4.90 Å². The second-order valence-electron chi connectivity index (χ2n) is 3.81. The van der Waals surface area contributed by atoms with Crippen molar-refractivity contribution in [3.05, 3.63) is 35.1 Å². The molecule has 78 valence electrons. The predicted octanol–water partition coefficient (Wildman–Crippen LogP) is 0.874. The average Bonchev–Trinajstić information content (AvgIpc) is 2.14. The molecule has 0 radical (unpaired) electrons. The highest BCUT2D eigenvalue weighted by Gasteiger charge is 2.24. The molecule has 1 aliphatic rings. The van der Waals surface area contributed by atoms with Crippen molar-refractivity contribution in [3.63, 3.8) is 0 Å². The zero-order chi connectivity index (χ0) is 10.8. The molecule has 0 bridgehead atoms. The molecule has 1 fully saturated rings. The molecule has 1 saturated heterocycles. The molecular weight excluding hydrogens is 195 g/mol. The van der Waals surface area contributed by atoms with E-state index in [2.05, 4.69) is 0 Å². The van der Waals surface area contributed by atoms with Crippen molar-refractivity contribution in [1.82, 2.24) is 4.90 Å². The number of likely N-dealkylation sites (tertiary alicyclic amines) is 1. The standard InChI is InChI=1S/C11H11FN2O/c12-10-2-8(4-13)1-9(3-10)5-14-6-11(15)7-14/h1-3,11,15H,5-7H2. The number of hydrogen-bond acceptors (Lipinski definition) is 3. The smallest absolute Gasteiger partial charge is 0.124 e. The summed E-state index contributed by atoms with van der Waals surface area (Å²) in [5, 5.41) is 17.7. The number of hydrogen-bond donors (Lipinski definition) is 1.